The van der Waals surface area contributed by atoms with Crippen molar-refractivity contribution in [3.8, 4) is 0 Å². The average molecular weight is 233 g/mol. The highest BCUT2D eigenvalue weighted by Gasteiger charge is 2.17. The maximum absolute atomic E-state index is 11.2. The molecular weight excluding hydrogens is 222 g/mol. The predicted molar refractivity (Wildman–Crippen MR) is 58.3 cm³/mol. The molecule has 0 aliphatic carbocycles. The summed E-state index contributed by atoms with van der Waals surface area (Å²) in [6.45, 7) is 0. The third-order valence-electron chi connectivity index (χ3n) is 2.30. The molecule has 2 heterocycles. The monoisotopic (exact) mass is 233 g/mol. The number of nitrogens with zero attached hydrogens (tertiary/aromatic N) is 1. The smallest absolute Gasteiger partial charge is 0.373 e. The van der Waals surface area contributed by atoms with Crippen molar-refractivity contribution in [2.45, 2.75) is 6.10 Å². The fraction of sp³-hybridized carbons (Fsp3) is 0.167. The van der Waals surface area contributed by atoms with Gasteiger partial charge < -0.3 is 14.3 Å². The third kappa shape index (κ3) is 2.34. The molecule has 0 amide bonds. The second-order valence-corrected chi connectivity index (χ2v) is 3.38. The van der Waals surface area contributed by atoms with E-state index in [-0.39, 0.29) is 11.5 Å². The van der Waals surface area contributed by atoms with Crippen LogP contribution in [0.5, 0.6) is 0 Å². The van der Waals surface area contributed by atoms with Crippen LogP contribution in [-0.2, 0) is 4.74 Å². The lowest BCUT2D eigenvalue weighted by molar-refractivity contribution is 0.0558. The topological polar surface area (TPSA) is 72.6 Å². The molecular formula is C12H11NO4. The molecule has 1 atom stereocenters. The van der Waals surface area contributed by atoms with Gasteiger partial charge in [0.1, 0.15) is 11.9 Å². The van der Waals surface area contributed by atoms with Gasteiger partial charge in [-0.25, -0.2) is 4.79 Å². The lowest BCUT2D eigenvalue weighted by Crippen LogP contribution is -2.00. The third-order valence-corrected chi connectivity index (χ3v) is 2.30. The Morgan fingerprint density at radius 1 is 1.35 bits per heavy atom. The second-order valence-electron chi connectivity index (χ2n) is 3.38. The van der Waals surface area contributed by atoms with E-state index in [4.69, 9.17) is 4.42 Å². The molecule has 2 aromatic rings. The number of methoxy groups -OCH3 is 1. The fourth-order valence-corrected chi connectivity index (χ4v) is 1.42. The van der Waals surface area contributed by atoms with Crippen molar-refractivity contribution >= 4 is 5.97 Å². The number of ether oxygens (including phenoxy) is 1. The van der Waals surface area contributed by atoms with E-state index in [0.29, 0.717) is 5.56 Å². The van der Waals surface area contributed by atoms with E-state index in [1.807, 2.05) is 0 Å². The van der Waals surface area contributed by atoms with E-state index in [9.17, 15) is 9.90 Å². The number of aliphatic hydroxyl groups excluding tert-OH is 1. The van der Waals surface area contributed by atoms with Gasteiger partial charge in [0.2, 0.25) is 5.76 Å². The van der Waals surface area contributed by atoms with E-state index in [0.717, 1.165) is 0 Å². The summed E-state index contributed by atoms with van der Waals surface area (Å²) in [5.74, 6) is -0.217. The summed E-state index contributed by atoms with van der Waals surface area (Å²) >= 11 is 0. The summed E-state index contributed by atoms with van der Waals surface area (Å²) in [7, 11) is 1.27. The second kappa shape index (κ2) is 4.80. The largest absolute Gasteiger partial charge is 0.463 e. The maximum Gasteiger partial charge on any atom is 0.373 e. The Morgan fingerprint density at radius 2 is 2.06 bits per heavy atom. The number of esters is 1. The molecule has 1 N–H and O–H groups in total. The zero-order valence-corrected chi connectivity index (χ0v) is 9.16. The molecule has 0 bridgehead atoms. The Balaban J connectivity index is 2.23. The molecule has 0 radical (unpaired) electrons. The first-order chi connectivity index (χ1) is 8.22. The van der Waals surface area contributed by atoms with Crippen molar-refractivity contribution in [3.63, 3.8) is 0 Å². The van der Waals surface area contributed by atoms with Gasteiger partial charge in [-0.3, -0.25) is 4.98 Å². The minimum atomic E-state index is -0.920. The van der Waals surface area contributed by atoms with Crippen molar-refractivity contribution in [2.75, 3.05) is 7.11 Å². The molecule has 2 aromatic heterocycles. The minimum absolute atomic E-state index is 0.0654. The van der Waals surface area contributed by atoms with Crippen LogP contribution < -0.4 is 0 Å². The van der Waals surface area contributed by atoms with Crippen LogP contribution in [0.2, 0.25) is 0 Å². The highest BCUT2D eigenvalue weighted by atomic mass is 16.5. The first-order valence-corrected chi connectivity index (χ1v) is 4.98. The number of rotatable bonds is 3. The van der Waals surface area contributed by atoms with E-state index in [1.165, 1.54) is 19.2 Å². The fourth-order valence-electron chi connectivity index (χ4n) is 1.42. The normalized spacial score (nSPS) is 12.1. The van der Waals surface area contributed by atoms with Gasteiger partial charge >= 0.3 is 5.97 Å². The number of furan rings is 1. The molecule has 0 saturated heterocycles. The number of hydrogen-bond acceptors (Lipinski definition) is 5. The Kier molecular flexibility index (Phi) is 3.20. The highest BCUT2D eigenvalue weighted by molar-refractivity contribution is 5.86. The lowest BCUT2D eigenvalue weighted by Gasteiger charge is -2.06. The van der Waals surface area contributed by atoms with Gasteiger partial charge in [0.25, 0.3) is 0 Å². The first-order valence-electron chi connectivity index (χ1n) is 4.98. The van der Waals surface area contributed by atoms with Crippen LogP contribution in [0.25, 0.3) is 0 Å². The van der Waals surface area contributed by atoms with Crippen LogP contribution in [0.4, 0.5) is 0 Å². The summed E-state index contributed by atoms with van der Waals surface area (Å²) < 4.78 is 9.72. The standard InChI is InChI=1S/C12H11NO4/c1-16-12(15)10-3-2-9(17-10)11(14)8-4-6-13-7-5-8/h2-7,11,14H,1H3. The molecule has 0 spiro atoms. The zero-order valence-electron chi connectivity index (χ0n) is 9.16. The Labute approximate surface area is 97.7 Å². The number of pyridine rings is 1. The number of aliphatic hydroxyl groups is 1. The number of carbonyl (C=O) groups is 1. The Morgan fingerprint density at radius 3 is 2.71 bits per heavy atom. The van der Waals surface area contributed by atoms with Crippen molar-refractivity contribution in [3.05, 3.63) is 53.7 Å². The van der Waals surface area contributed by atoms with Crippen molar-refractivity contribution < 1.29 is 19.1 Å². The molecule has 5 nitrogen and oxygen atoms in total. The summed E-state index contributed by atoms with van der Waals surface area (Å²) in [5, 5.41) is 9.99. The van der Waals surface area contributed by atoms with Gasteiger partial charge in [-0.1, -0.05) is 0 Å². The SMILES string of the molecule is COC(=O)c1ccc(C(O)c2ccncc2)o1. The predicted octanol–water partition coefficient (Wildman–Crippen LogP) is 1.54. The molecule has 5 heteroatoms. The molecule has 0 fully saturated rings. The van der Waals surface area contributed by atoms with Crippen LogP contribution in [0.3, 0.4) is 0 Å². The molecule has 17 heavy (non-hydrogen) atoms. The van der Waals surface area contributed by atoms with Gasteiger partial charge in [0, 0.05) is 12.4 Å². The van der Waals surface area contributed by atoms with E-state index in [1.54, 1.807) is 24.5 Å². The zero-order chi connectivity index (χ0) is 12.3. The van der Waals surface area contributed by atoms with Crippen LogP contribution in [-0.4, -0.2) is 23.2 Å². The molecule has 1 unspecified atom stereocenters. The summed E-state index contributed by atoms with van der Waals surface area (Å²) in [6, 6.07) is 6.35. The Hall–Kier alpha value is -2.14. The molecule has 0 aromatic carbocycles. The van der Waals surface area contributed by atoms with Crippen LogP contribution >= 0.6 is 0 Å². The number of aromatic nitrogens is 1. The van der Waals surface area contributed by atoms with E-state index >= 15 is 0 Å². The van der Waals surface area contributed by atoms with Gasteiger partial charge in [-0.2, -0.15) is 0 Å². The molecule has 0 saturated carbocycles. The summed E-state index contributed by atoms with van der Waals surface area (Å²) in [6.07, 6.45) is 2.22. The first kappa shape index (κ1) is 11.3. The van der Waals surface area contributed by atoms with Crippen molar-refractivity contribution in [2.24, 2.45) is 0 Å². The van der Waals surface area contributed by atoms with Crippen molar-refractivity contribution in [1.82, 2.24) is 4.98 Å². The summed E-state index contributed by atoms with van der Waals surface area (Å²) in [5.41, 5.74) is 0.644. The van der Waals surface area contributed by atoms with Gasteiger partial charge in [0.15, 0.2) is 0 Å². The van der Waals surface area contributed by atoms with Gasteiger partial charge in [0.05, 0.1) is 7.11 Å². The van der Waals surface area contributed by atoms with Gasteiger partial charge in [-0.15, -0.1) is 0 Å². The molecule has 2 rings (SSSR count). The minimum Gasteiger partial charge on any atom is -0.463 e. The van der Waals surface area contributed by atoms with E-state index < -0.39 is 12.1 Å². The Bertz CT molecular complexity index is 506. The highest BCUT2D eigenvalue weighted by Crippen LogP contribution is 2.23. The van der Waals surface area contributed by atoms with Crippen LogP contribution in [0.1, 0.15) is 28.0 Å². The summed E-state index contributed by atoms with van der Waals surface area (Å²) in [4.78, 5) is 15.0. The lowest BCUT2D eigenvalue weighted by atomic mass is 10.1. The van der Waals surface area contributed by atoms with Gasteiger partial charge in [-0.05, 0) is 29.8 Å². The maximum atomic E-state index is 11.2. The number of carbonyl (C=O) groups excluding carboxylic acids is 1. The average Bonchev–Trinajstić information content (AvgIpc) is 2.87. The van der Waals surface area contributed by atoms with Crippen LogP contribution in [0, 0.1) is 0 Å². The van der Waals surface area contributed by atoms with Crippen LogP contribution in [0.15, 0.2) is 41.1 Å². The quantitative estimate of drug-likeness (QED) is 0.814. The molecule has 88 valence electrons. The van der Waals surface area contributed by atoms with E-state index in [2.05, 4.69) is 9.72 Å². The van der Waals surface area contributed by atoms with Crippen molar-refractivity contribution in [1.29, 1.82) is 0 Å². The molecule has 0 aliphatic heterocycles. The number of hydrogen-bond donors (Lipinski definition) is 1. The molecule has 0 aliphatic rings.